The van der Waals surface area contributed by atoms with Gasteiger partial charge in [-0.2, -0.15) is 0 Å². The fourth-order valence-electron chi connectivity index (χ4n) is 2.62. The molecule has 0 spiro atoms. The van der Waals surface area contributed by atoms with E-state index in [1.54, 1.807) is 34.4 Å². The molecule has 1 saturated heterocycles. The van der Waals surface area contributed by atoms with Crippen LogP contribution in [0.25, 0.3) is 0 Å². The van der Waals surface area contributed by atoms with Gasteiger partial charge in [0.1, 0.15) is 5.01 Å². The summed E-state index contributed by atoms with van der Waals surface area (Å²) in [6.45, 7) is 4.87. The molecular weight excluding hydrogens is 348 g/mol. The summed E-state index contributed by atoms with van der Waals surface area (Å²) in [4.78, 5) is 16.6. The molecule has 8 heteroatoms. The first kappa shape index (κ1) is 16.9. The summed E-state index contributed by atoms with van der Waals surface area (Å²) in [6, 6.07) is 4.17. The van der Waals surface area contributed by atoms with Crippen LogP contribution in [0.4, 0.5) is 0 Å². The number of likely N-dealkylation sites (tertiary alicyclic amines) is 1. The third kappa shape index (κ3) is 4.53. The van der Waals surface area contributed by atoms with Gasteiger partial charge in [0.25, 0.3) is 5.91 Å². The molecule has 3 heterocycles. The van der Waals surface area contributed by atoms with Crippen LogP contribution in [-0.2, 0) is 6.54 Å². The Hall–Kier alpha value is -0.960. The van der Waals surface area contributed by atoms with Crippen molar-refractivity contribution in [1.82, 2.24) is 20.4 Å². The Morgan fingerprint density at radius 3 is 2.74 bits per heavy atom. The fraction of sp³-hybridized carbons (Fsp3) is 0.533. The van der Waals surface area contributed by atoms with Gasteiger partial charge >= 0.3 is 0 Å². The van der Waals surface area contributed by atoms with Gasteiger partial charge in [-0.15, -0.1) is 21.5 Å². The number of nitrogens with zero attached hydrogens (tertiary/aromatic N) is 3. The second-order valence-electron chi connectivity index (χ2n) is 5.60. The lowest BCUT2D eigenvalue weighted by atomic mass is 10.1. The highest BCUT2D eigenvalue weighted by atomic mass is 32.2. The zero-order valence-corrected chi connectivity index (χ0v) is 15.7. The van der Waals surface area contributed by atoms with Crippen molar-refractivity contribution >= 4 is 40.3 Å². The van der Waals surface area contributed by atoms with E-state index in [2.05, 4.69) is 20.4 Å². The van der Waals surface area contributed by atoms with Crippen LogP contribution in [0.1, 0.15) is 32.4 Å². The van der Waals surface area contributed by atoms with Crippen LogP contribution in [0.3, 0.4) is 0 Å². The van der Waals surface area contributed by atoms with Gasteiger partial charge in [-0.05, 0) is 38.2 Å². The molecule has 0 radical (unpaired) electrons. The molecule has 0 atom stereocenters. The summed E-state index contributed by atoms with van der Waals surface area (Å²) in [6.07, 6.45) is 4.00. The van der Waals surface area contributed by atoms with Crippen LogP contribution < -0.4 is 5.32 Å². The number of carbonyl (C=O) groups is 1. The number of aromatic nitrogens is 2. The first-order chi connectivity index (χ1) is 11.1. The van der Waals surface area contributed by atoms with Crippen molar-refractivity contribution < 1.29 is 4.79 Å². The molecule has 0 aromatic carbocycles. The number of hydrogen-bond acceptors (Lipinski definition) is 7. The minimum atomic E-state index is 0.0651. The number of amides is 1. The first-order valence-electron chi connectivity index (χ1n) is 7.60. The van der Waals surface area contributed by atoms with Crippen LogP contribution in [0.2, 0.25) is 0 Å². The average molecular weight is 369 g/mol. The molecule has 124 valence electrons. The molecule has 1 N–H and O–H groups in total. The summed E-state index contributed by atoms with van der Waals surface area (Å²) in [5, 5.41) is 12.6. The second kappa shape index (κ2) is 7.74. The lowest BCUT2D eigenvalue weighted by Crippen LogP contribution is -2.44. The molecule has 3 rings (SSSR count). The van der Waals surface area contributed by atoms with Gasteiger partial charge in [-0.3, -0.25) is 9.69 Å². The number of nitrogens with one attached hydrogen (secondary N) is 1. The van der Waals surface area contributed by atoms with E-state index < -0.39 is 0 Å². The van der Waals surface area contributed by atoms with E-state index in [1.165, 1.54) is 4.88 Å². The summed E-state index contributed by atoms with van der Waals surface area (Å²) >= 11 is 4.86. The fourth-order valence-corrected chi connectivity index (χ4v) is 4.75. The number of carbonyl (C=O) groups excluding carboxylic acids is 1. The predicted molar refractivity (Wildman–Crippen MR) is 96.5 cm³/mol. The van der Waals surface area contributed by atoms with Crippen LogP contribution in [0.15, 0.2) is 16.5 Å². The highest BCUT2D eigenvalue weighted by molar-refractivity contribution is 8.00. The normalized spacial score (nSPS) is 16.6. The van der Waals surface area contributed by atoms with E-state index >= 15 is 0 Å². The number of hydrogen-bond donors (Lipinski definition) is 1. The first-order valence-corrected chi connectivity index (χ1v) is 10.5. The van der Waals surface area contributed by atoms with Gasteiger partial charge in [0.05, 0.1) is 11.4 Å². The molecule has 1 aliphatic rings. The van der Waals surface area contributed by atoms with Gasteiger partial charge in [0.2, 0.25) is 0 Å². The molecular formula is C15H20N4OS3. The maximum absolute atomic E-state index is 12.2. The SMILES string of the molecule is CSc1nnc(CN2CCC(NC(=O)c3ccc(C)s3)CC2)s1. The Labute approximate surface area is 148 Å². The molecule has 23 heavy (non-hydrogen) atoms. The van der Waals surface area contributed by atoms with E-state index in [9.17, 15) is 4.79 Å². The molecule has 1 amide bonds. The average Bonchev–Trinajstić information content (AvgIpc) is 3.18. The van der Waals surface area contributed by atoms with Crippen molar-refractivity contribution in [3.05, 3.63) is 26.9 Å². The lowest BCUT2D eigenvalue weighted by Gasteiger charge is -2.31. The van der Waals surface area contributed by atoms with E-state index in [1.807, 2.05) is 25.3 Å². The number of thioether (sulfide) groups is 1. The number of rotatable bonds is 5. The topological polar surface area (TPSA) is 58.1 Å². The lowest BCUT2D eigenvalue weighted by molar-refractivity contribution is 0.0913. The largest absolute Gasteiger partial charge is 0.349 e. The minimum absolute atomic E-state index is 0.0651. The minimum Gasteiger partial charge on any atom is -0.349 e. The quantitative estimate of drug-likeness (QED) is 0.822. The molecule has 0 aliphatic carbocycles. The Balaban J connectivity index is 1.45. The molecule has 2 aromatic rings. The Morgan fingerprint density at radius 2 is 2.13 bits per heavy atom. The summed E-state index contributed by atoms with van der Waals surface area (Å²) in [5.41, 5.74) is 0. The van der Waals surface area contributed by atoms with Gasteiger partial charge in [0, 0.05) is 24.0 Å². The molecule has 2 aromatic heterocycles. The monoisotopic (exact) mass is 368 g/mol. The molecule has 5 nitrogen and oxygen atoms in total. The second-order valence-corrected chi connectivity index (χ2v) is 9.00. The van der Waals surface area contributed by atoms with Gasteiger partial charge in [-0.1, -0.05) is 23.1 Å². The Kier molecular flexibility index (Phi) is 5.68. The zero-order valence-electron chi connectivity index (χ0n) is 13.2. The van der Waals surface area contributed by atoms with Gasteiger partial charge in [-0.25, -0.2) is 0 Å². The maximum Gasteiger partial charge on any atom is 0.261 e. The molecule has 0 bridgehead atoms. The van der Waals surface area contributed by atoms with Crippen LogP contribution in [0.5, 0.6) is 0 Å². The number of piperidine rings is 1. The van der Waals surface area contributed by atoms with Gasteiger partial charge < -0.3 is 5.32 Å². The molecule has 1 fully saturated rings. The van der Waals surface area contributed by atoms with Crippen molar-refractivity contribution in [1.29, 1.82) is 0 Å². The number of aryl methyl sites for hydroxylation is 1. The predicted octanol–water partition coefficient (Wildman–Crippen LogP) is 3.02. The highest BCUT2D eigenvalue weighted by Gasteiger charge is 2.22. The van der Waals surface area contributed by atoms with Crippen molar-refractivity contribution in [3.8, 4) is 0 Å². The highest BCUT2D eigenvalue weighted by Crippen LogP contribution is 2.22. The third-order valence-corrected chi connectivity index (χ3v) is 6.75. The standard InChI is InChI=1S/C15H20N4OS3/c1-10-3-4-12(22-10)14(20)16-11-5-7-19(8-6-11)9-13-17-18-15(21-2)23-13/h3-4,11H,5-9H2,1-2H3,(H,16,20). The Morgan fingerprint density at radius 1 is 1.35 bits per heavy atom. The molecule has 0 unspecified atom stereocenters. The van der Waals surface area contributed by atoms with Crippen molar-refractivity contribution in [2.45, 2.75) is 36.7 Å². The molecule has 1 aliphatic heterocycles. The van der Waals surface area contributed by atoms with E-state index in [0.29, 0.717) is 0 Å². The van der Waals surface area contributed by atoms with Crippen LogP contribution >= 0.6 is 34.4 Å². The molecule has 0 saturated carbocycles. The third-order valence-electron chi connectivity index (χ3n) is 3.87. The van der Waals surface area contributed by atoms with Crippen LogP contribution in [-0.4, -0.2) is 46.4 Å². The van der Waals surface area contributed by atoms with Crippen molar-refractivity contribution in [2.24, 2.45) is 0 Å². The number of thiophene rings is 1. The zero-order chi connectivity index (χ0) is 16.2. The maximum atomic E-state index is 12.2. The van der Waals surface area contributed by atoms with E-state index in [4.69, 9.17) is 0 Å². The summed E-state index contributed by atoms with van der Waals surface area (Å²) < 4.78 is 1.02. The van der Waals surface area contributed by atoms with E-state index in [-0.39, 0.29) is 11.9 Å². The summed E-state index contributed by atoms with van der Waals surface area (Å²) in [7, 11) is 0. The van der Waals surface area contributed by atoms with Gasteiger partial charge in [0.15, 0.2) is 4.34 Å². The van der Waals surface area contributed by atoms with Crippen molar-refractivity contribution in [3.63, 3.8) is 0 Å². The van der Waals surface area contributed by atoms with Crippen LogP contribution in [0, 0.1) is 6.92 Å². The Bertz CT molecular complexity index is 661. The van der Waals surface area contributed by atoms with Crippen molar-refractivity contribution in [2.75, 3.05) is 19.3 Å². The van der Waals surface area contributed by atoms with E-state index in [0.717, 1.165) is 46.7 Å². The summed E-state index contributed by atoms with van der Waals surface area (Å²) in [5.74, 6) is 0.0651. The smallest absolute Gasteiger partial charge is 0.261 e.